The number of nitrogens with one attached hydrogen (secondary N) is 1. The van der Waals surface area contributed by atoms with Gasteiger partial charge in [0.25, 0.3) is 0 Å². The molecule has 0 radical (unpaired) electrons. The van der Waals surface area contributed by atoms with Crippen LogP contribution in [0.4, 0.5) is 10.5 Å². The summed E-state index contributed by atoms with van der Waals surface area (Å²) in [6.45, 7) is 5.03. The molecule has 0 aliphatic carbocycles. The molecule has 1 aliphatic heterocycles. The third-order valence-electron chi connectivity index (χ3n) is 6.04. The molecule has 1 aliphatic rings. The smallest absolute Gasteiger partial charge is 0.337 e. The first-order valence-corrected chi connectivity index (χ1v) is 11.5. The van der Waals surface area contributed by atoms with Crippen LogP contribution in [0.1, 0.15) is 28.2 Å². The maximum atomic E-state index is 12.8. The van der Waals surface area contributed by atoms with Crippen LogP contribution in [-0.4, -0.2) is 62.3 Å². The Kier molecular flexibility index (Phi) is 7.54. The zero-order chi connectivity index (χ0) is 24.8. The Labute approximate surface area is 204 Å². The fourth-order valence-corrected chi connectivity index (χ4v) is 4.11. The molecular weight excluding hydrogens is 448 g/mol. The monoisotopic (exact) mass is 478 g/mol. The molecule has 0 bridgehead atoms. The number of amides is 2. The molecule has 0 unspecified atom stereocenters. The summed E-state index contributed by atoms with van der Waals surface area (Å²) in [7, 11) is 2.99. The predicted molar refractivity (Wildman–Crippen MR) is 132 cm³/mol. The highest BCUT2D eigenvalue weighted by Crippen LogP contribution is 2.34. The zero-order valence-corrected chi connectivity index (χ0v) is 20.2. The number of aromatic nitrogens is 1. The lowest BCUT2D eigenvalue weighted by molar-refractivity contribution is 0.0600. The number of oxazole rings is 1. The first kappa shape index (κ1) is 24.1. The van der Waals surface area contributed by atoms with Gasteiger partial charge in [0.1, 0.15) is 5.75 Å². The lowest BCUT2D eigenvalue weighted by Gasteiger charge is -2.24. The molecule has 2 aromatic carbocycles. The summed E-state index contributed by atoms with van der Waals surface area (Å²) in [5.74, 6) is 1.62. The molecule has 4 rings (SSSR count). The molecule has 0 saturated carbocycles. The molecule has 2 amide bonds. The van der Waals surface area contributed by atoms with E-state index in [-0.39, 0.29) is 12.0 Å². The minimum absolute atomic E-state index is 0.0995. The summed E-state index contributed by atoms with van der Waals surface area (Å²) in [5, 5.41) is 2.98. The van der Waals surface area contributed by atoms with Gasteiger partial charge in [-0.1, -0.05) is 12.1 Å². The van der Waals surface area contributed by atoms with Crippen molar-refractivity contribution in [3.63, 3.8) is 0 Å². The molecule has 1 aromatic heterocycles. The maximum Gasteiger partial charge on any atom is 0.337 e. The summed E-state index contributed by atoms with van der Waals surface area (Å²) in [6.07, 6.45) is 2.55. The van der Waals surface area contributed by atoms with Crippen molar-refractivity contribution in [2.45, 2.75) is 19.9 Å². The number of methoxy groups -OCH3 is 2. The SMILES string of the molecule is COC(=O)c1ccc(CNC(=O)N2CCCN(c3ccc(-c4cnc(C)o4)c(OC)c3)CC2)cc1. The van der Waals surface area contributed by atoms with Crippen LogP contribution < -0.4 is 15.0 Å². The number of ether oxygens (including phenoxy) is 2. The van der Waals surface area contributed by atoms with Gasteiger partial charge in [-0.2, -0.15) is 0 Å². The molecule has 0 atom stereocenters. The largest absolute Gasteiger partial charge is 0.496 e. The standard InChI is InChI=1S/C26H30N4O5/c1-18-27-17-24(35-18)22-10-9-21(15-23(22)33-2)29-11-4-12-30(14-13-29)26(32)28-16-19-5-7-20(8-6-19)25(31)34-3/h5-10,15,17H,4,11-14,16H2,1-3H3,(H,28,32). The van der Waals surface area contributed by atoms with Gasteiger partial charge in [0.05, 0.1) is 31.5 Å². The Balaban J connectivity index is 1.34. The summed E-state index contributed by atoms with van der Waals surface area (Å²) in [4.78, 5) is 32.6. The molecule has 1 N–H and O–H groups in total. The number of nitrogens with zero attached hydrogens (tertiary/aromatic N) is 3. The second-order valence-electron chi connectivity index (χ2n) is 8.30. The third-order valence-corrected chi connectivity index (χ3v) is 6.04. The van der Waals surface area contributed by atoms with Crippen LogP contribution in [0, 0.1) is 6.92 Å². The van der Waals surface area contributed by atoms with Crippen LogP contribution in [0.3, 0.4) is 0 Å². The van der Waals surface area contributed by atoms with Crippen LogP contribution in [-0.2, 0) is 11.3 Å². The number of rotatable bonds is 6. The lowest BCUT2D eigenvalue weighted by Crippen LogP contribution is -2.41. The van der Waals surface area contributed by atoms with E-state index in [2.05, 4.69) is 15.2 Å². The summed E-state index contributed by atoms with van der Waals surface area (Å²) in [5.41, 5.74) is 3.29. The van der Waals surface area contributed by atoms with Gasteiger partial charge >= 0.3 is 12.0 Å². The van der Waals surface area contributed by atoms with Crippen LogP contribution in [0.25, 0.3) is 11.3 Å². The number of carbonyl (C=O) groups excluding carboxylic acids is 2. The van der Waals surface area contributed by atoms with E-state index < -0.39 is 0 Å². The fraction of sp³-hybridized carbons (Fsp3) is 0.346. The van der Waals surface area contributed by atoms with Crippen molar-refractivity contribution in [1.29, 1.82) is 0 Å². The number of urea groups is 1. The first-order valence-electron chi connectivity index (χ1n) is 11.5. The summed E-state index contributed by atoms with van der Waals surface area (Å²) in [6, 6.07) is 12.9. The molecule has 1 saturated heterocycles. The van der Waals surface area contributed by atoms with E-state index in [1.807, 2.05) is 42.2 Å². The minimum Gasteiger partial charge on any atom is -0.496 e. The van der Waals surface area contributed by atoms with E-state index in [0.29, 0.717) is 43.4 Å². The number of aryl methyl sites for hydroxylation is 1. The number of hydrogen-bond acceptors (Lipinski definition) is 7. The third kappa shape index (κ3) is 5.74. The molecule has 2 heterocycles. The summed E-state index contributed by atoms with van der Waals surface area (Å²) >= 11 is 0. The number of esters is 1. The van der Waals surface area contributed by atoms with Crippen molar-refractivity contribution < 1.29 is 23.5 Å². The Morgan fingerprint density at radius 3 is 2.54 bits per heavy atom. The van der Waals surface area contributed by atoms with Crippen molar-refractivity contribution in [3.8, 4) is 17.1 Å². The van der Waals surface area contributed by atoms with Gasteiger partial charge in [-0.3, -0.25) is 0 Å². The van der Waals surface area contributed by atoms with Crippen molar-refractivity contribution in [2.75, 3.05) is 45.3 Å². The molecule has 35 heavy (non-hydrogen) atoms. The van der Waals surface area contributed by atoms with Gasteiger partial charge < -0.3 is 29.0 Å². The Morgan fingerprint density at radius 1 is 1.06 bits per heavy atom. The Morgan fingerprint density at radius 2 is 1.86 bits per heavy atom. The second kappa shape index (κ2) is 10.9. The van der Waals surface area contributed by atoms with E-state index >= 15 is 0 Å². The molecule has 1 fully saturated rings. The average Bonchev–Trinajstić information content (AvgIpc) is 3.17. The predicted octanol–water partition coefficient (Wildman–Crippen LogP) is 3.87. The fourth-order valence-electron chi connectivity index (χ4n) is 4.11. The number of benzene rings is 2. The van der Waals surface area contributed by atoms with Crippen molar-refractivity contribution in [3.05, 3.63) is 65.7 Å². The zero-order valence-electron chi connectivity index (χ0n) is 20.2. The van der Waals surface area contributed by atoms with E-state index in [0.717, 1.165) is 35.5 Å². The van der Waals surface area contributed by atoms with Crippen LogP contribution in [0.2, 0.25) is 0 Å². The van der Waals surface area contributed by atoms with Gasteiger partial charge in [0.2, 0.25) is 0 Å². The molecule has 0 spiro atoms. The highest BCUT2D eigenvalue weighted by molar-refractivity contribution is 5.89. The van der Waals surface area contributed by atoms with E-state index in [1.54, 1.807) is 25.4 Å². The lowest BCUT2D eigenvalue weighted by atomic mass is 10.1. The maximum absolute atomic E-state index is 12.8. The highest BCUT2D eigenvalue weighted by atomic mass is 16.5. The molecular formula is C26H30N4O5. The van der Waals surface area contributed by atoms with E-state index in [4.69, 9.17) is 13.9 Å². The van der Waals surface area contributed by atoms with Crippen molar-refractivity contribution in [2.24, 2.45) is 0 Å². The Bertz CT molecular complexity index is 1170. The van der Waals surface area contributed by atoms with Crippen molar-refractivity contribution in [1.82, 2.24) is 15.2 Å². The number of anilines is 1. The molecule has 9 heteroatoms. The van der Waals surface area contributed by atoms with Crippen molar-refractivity contribution >= 4 is 17.7 Å². The number of carbonyl (C=O) groups is 2. The van der Waals surface area contributed by atoms with Crippen LogP contribution >= 0.6 is 0 Å². The van der Waals surface area contributed by atoms with Gasteiger partial charge in [-0.15, -0.1) is 0 Å². The molecule has 184 valence electrons. The number of hydrogen-bond donors (Lipinski definition) is 1. The summed E-state index contributed by atoms with van der Waals surface area (Å²) < 4.78 is 16.0. The van der Waals surface area contributed by atoms with Gasteiger partial charge in [-0.05, 0) is 36.2 Å². The Hall–Kier alpha value is -4.01. The molecule has 9 nitrogen and oxygen atoms in total. The van der Waals surface area contributed by atoms with Gasteiger partial charge in [-0.25, -0.2) is 14.6 Å². The molecule has 3 aromatic rings. The van der Waals surface area contributed by atoms with Crippen LogP contribution in [0.5, 0.6) is 5.75 Å². The van der Waals surface area contributed by atoms with E-state index in [1.165, 1.54) is 7.11 Å². The quantitative estimate of drug-likeness (QED) is 0.537. The minimum atomic E-state index is -0.380. The van der Waals surface area contributed by atoms with Gasteiger partial charge in [0, 0.05) is 51.4 Å². The first-order chi connectivity index (χ1) is 17.0. The second-order valence-corrected chi connectivity index (χ2v) is 8.30. The average molecular weight is 479 g/mol. The normalized spacial score (nSPS) is 13.8. The highest BCUT2D eigenvalue weighted by Gasteiger charge is 2.21. The van der Waals surface area contributed by atoms with E-state index in [9.17, 15) is 9.59 Å². The van der Waals surface area contributed by atoms with Gasteiger partial charge in [0.15, 0.2) is 11.7 Å². The van der Waals surface area contributed by atoms with Crippen LogP contribution in [0.15, 0.2) is 53.1 Å². The topological polar surface area (TPSA) is 97.1 Å².